The summed E-state index contributed by atoms with van der Waals surface area (Å²) >= 11 is 1.57. The molecule has 0 saturated carbocycles. The SMILES string of the molecule is CC(C)c1nc(C(=O)N2CCC(C)(CN)C2)cs1.Cl.Cl. The van der Waals surface area contributed by atoms with Crippen molar-refractivity contribution >= 4 is 42.1 Å². The highest BCUT2D eigenvalue weighted by Crippen LogP contribution is 2.30. The average Bonchev–Trinajstić information content (AvgIpc) is 2.95. The van der Waals surface area contributed by atoms with Gasteiger partial charge in [0.2, 0.25) is 0 Å². The fraction of sp³-hybridized carbons (Fsp3) is 0.692. The van der Waals surface area contributed by atoms with Crippen molar-refractivity contribution in [2.24, 2.45) is 11.1 Å². The summed E-state index contributed by atoms with van der Waals surface area (Å²) in [5, 5.41) is 2.90. The molecule has 1 aliphatic heterocycles. The van der Waals surface area contributed by atoms with Gasteiger partial charge in [-0.2, -0.15) is 0 Å². The summed E-state index contributed by atoms with van der Waals surface area (Å²) in [6.45, 7) is 8.49. The van der Waals surface area contributed by atoms with Crippen molar-refractivity contribution in [1.82, 2.24) is 9.88 Å². The van der Waals surface area contributed by atoms with Gasteiger partial charge in [-0.3, -0.25) is 4.79 Å². The number of rotatable bonds is 3. The third-order valence-corrected chi connectivity index (χ3v) is 4.72. The second-order valence-electron chi connectivity index (χ2n) is 5.72. The predicted molar refractivity (Wildman–Crippen MR) is 88.4 cm³/mol. The van der Waals surface area contributed by atoms with Crippen LogP contribution >= 0.6 is 36.2 Å². The molecule has 116 valence electrons. The van der Waals surface area contributed by atoms with E-state index in [1.54, 1.807) is 11.3 Å². The van der Waals surface area contributed by atoms with Crippen LogP contribution in [-0.2, 0) is 0 Å². The lowest BCUT2D eigenvalue weighted by molar-refractivity contribution is 0.0771. The van der Waals surface area contributed by atoms with Crippen molar-refractivity contribution in [3.8, 4) is 0 Å². The molecule has 2 rings (SSSR count). The van der Waals surface area contributed by atoms with Gasteiger partial charge >= 0.3 is 0 Å². The minimum absolute atomic E-state index is 0. The number of hydrogen-bond donors (Lipinski definition) is 1. The van der Waals surface area contributed by atoms with Crippen LogP contribution in [0.1, 0.15) is 48.6 Å². The summed E-state index contributed by atoms with van der Waals surface area (Å²) in [6, 6.07) is 0. The maximum atomic E-state index is 12.3. The number of aromatic nitrogens is 1. The third kappa shape index (κ3) is 4.07. The van der Waals surface area contributed by atoms with Crippen molar-refractivity contribution in [2.75, 3.05) is 19.6 Å². The predicted octanol–water partition coefficient (Wildman–Crippen LogP) is 2.92. The normalized spacial score (nSPS) is 21.6. The molecule has 1 aromatic heterocycles. The highest BCUT2D eigenvalue weighted by molar-refractivity contribution is 7.09. The molecule has 20 heavy (non-hydrogen) atoms. The summed E-state index contributed by atoms with van der Waals surface area (Å²) in [6.07, 6.45) is 0.983. The van der Waals surface area contributed by atoms with Gasteiger partial charge in [-0.15, -0.1) is 36.2 Å². The second kappa shape index (κ2) is 7.59. The largest absolute Gasteiger partial charge is 0.337 e. The van der Waals surface area contributed by atoms with Crippen LogP contribution in [0.3, 0.4) is 0 Å². The van der Waals surface area contributed by atoms with E-state index in [4.69, 9.17) is 5.73 Å². The van der Waals surface area contributed by atoms with Gasteiger partial charge in [0.1, 0.15) is 5.69 Å². The van der Waals surface area contributed by atoms with Crippen LogP contribution in [0.2, 0.25) is 0 Å². The van der Waals surface area contributed by atoms with Crippen LogP contribution < -0.4 is 5.73 Å². The van der Waals surface area contributed by atoms with Gasteiger partial charge < -0.3 is 10.6 Å². The minimum atomic E-state index is 0. The molecule has 0 aliphatic carbocycles. The number of nitrogens with two attached hydrogens (primary N) is 1. The van der Waals surface area contributed by atoms with Crippen LogP contribution in [-0.4, -0.2) is 35.4 Å². The van der Waals surface area contributed by atoms with Gasteiger partial charge in [0.25, 0.3) is 5.91 Å². The van der Waals surface area contributed by atoms with E-state index in [9.17, 15) is 4.79 Å². The quantitative estimate of drug-likeness (QED) is 0.920. The number of carbonyl (C=O) groups is 1. The first-order valence-electron chi connectivity index (χ1n) is 6.40. The smallest absolute Gasteiger partial charge is 0.273 e. The number of thiazole rings is 1. The lowest BCUT2D eigenvalue weighted by atomic mass is 9.90. The summed E-state index contributed by atoms with van der Waals surface area (Å²) in [5.74, 6) is 0.430. The van der Waals surface area contributed by atoms with Gasteiger partial charge in [-0.1, -0.05) is 20.8 Å². The van der Waals surface area contributed by atoms with E-state index < -0.39 is 0 Å². The Labute approximate surface area is 137 Å². The Hall–Kier alpha value is -0.360. The Kier molecular flexibility index (Phi) is 7.46. The summed E-state index contributed by atoms with van der Waals surface area (Å²) < 4.78 is 0. The fourth-order valence-electron chi connectivity index (χ4n) is 2.18. The van der Waals surface area contributed by atoms with Crippen molar-refractivity contribution in [2.45, 2.75) is 33.1 Å². The van der Waals surface area contributed by atoms with Gasteiger partial charge in [-0.25, -0.2) is 4.98 Å². The lowest BCUT2D eigenvalue weighted by Crippen LogP contribution is -2.34. The first-order valence-corrected chi connectivity index (χ1v) is 7.28. The number of likely N-dealkylation sites (tertiary alicyclic amines) is 1. The van der Waals surface area contributed by atoms with Crippen molar-refractivity contribution in [1.29, 1.82) is 0 Å². The molecule has 1 amide bonds. The van der Waals surface area contributed by atoms with Gasteiger partial charge in [0.15, 0.2) is 0 Å². The molecule has 2 N–H and O–H groups in total. The topological polar surface area (TPSA) is 59.2 Å². The molecule has 0 bridgehead atoms. The molecule has 2 heterocycles. The molecule has 4 nitrogen and oxygen atoms in total. The van der Waals surface area contributed by atoms with E-state index in [1.165, 1.54) is 0 Å². The molecule has 0 aromatic carbocycles. The maximum absolute atomic E-state index is 12.3. The molecule has 1 aromatic rings. The van der Waals surface area contributed by atoms with Crippen LogP contribution in [0.15, 0.2) is 5.38 Å². The molecule has 0 radical (unpaired) electrons. The van der Waals surface area contributed by atoms with E-state index >= 15 is 0 Å². The monoisotopic (exact) mass is 339 g/mol. The zero-order valence-corrected chi connectivity index (χ0v) is 14.5. The molecular weight excluding hydrogens is 317 g/mol. The molecule has 1 saturated heterocycles. The zero-order chi connectivity index (χ0) is 13.3. The molecule has 7 heteroatoms. The van der Waals surface area contributed by atoms with E-state index in [2.05, 4.69) is 25.8 Å². The molecule has 1 fully saturated rings. The van der Waals surface area contributed by atoms with Crippen LogP contribution in [0.25, 0.3) is 0 Å². The number of nitrogens with zero attached hydrogens (tertiary/aromatic N) is 2. The number of carbonyl (C=O) groups excluding carboxylic acids is 1. The summed E-state index contributed by atoms with van der Waals surface area (Å²) in [5.41, 5.74) is 6.43. The van der Waals surface area contributed by atoms with Gasteiger partial charge in [0, 0.05) is 24.4 Å². The highest BCUT2D eigenvalue weighted by Gasteiger charge is 2.35. The van der Waals surface area contributed by atoms with E-state index in [-0.39, 0.29) is 36.1 Å². The first-order chi connectivity index (χ1) is 8.45. The Morgan fingerprint density at radius 3 is 2.65 bits per heavy atom. The number of hydrogen-bond acceptors (Lipinski definition) is 4. The molecule has 1 aliphatic rings. The van der Waals surface area contributed by atoms with E-state index in [1.807, 2.05) is 10.3 Å². The molecule has 1 unspecified atom stereocenters. The Balaban J connectivity index is 0.00000180. The Morgan fingerprint density at radius 1 is 1.55 bits per heavy atom. The zero-order valence-electron chi connectivity index (χ0n) is 12.1. The number of amides is 1. The Morgan fingerprint density at radius 2 is 2.20 bits per heavy atom. The number of halogens is 2. The van der Waals surface area contributed by atoms with Crippen molar-refractivity contribution in [3.05, 3.63) is 16.1 Å². The summed E-state index contributed by atoms with van der Waals surface area (Å²) in [7, 11) is 0. The molecular formula is C13H23Cl2N3OS. The maximum Gasteiger partial charge on any atom is 0.273 e. The van der Waals surface area contributed by atoms with Crippen LogP contribution in [0.4, 0.5) is 0 Å². The first kappa shape index (κ1) is 19.6. The summed E-state index contributed by atoms with van der Waals surface area (Å²) in [4.78, 5) is 18.6. The molecule has 1 atom stereocenters. The second-order valence-corrected chi connectivity index (χ2v) is 6.61. The van der Waals surface area contributed by atoms with E-state index in [0.717, 1.165) is 24.5 Å². The average molecular weight is 340 g/mol. The highest BCUT2D eigenvalue weighted by atomic mass is 35.5. The van der Waals surface area contributed by atoms with Gasteiger partial charge in [-0.05, 0) is 18.4 Å². The van der Waals surface area contributed by atoms with Crippen LogP contribution in [0.5, 0.6) is 0 Å². The third-order valence-electron chi connectivity index (χ3n) is 3.57. The lowest BCUT2D eigenvalue weighted by Gasteiger charge is -2.22. The van der Waals surface area contributed by atoms with Crippen molar-refractivity contribution < 1.29 is 4.79 Å². The van der Waals surface area contributed by atoms with Crippen molar-refractivity contribution in [3.63, 3.8) is 0 Å². The Bertz CT molecular complexity index is 453. The fourth-order valence-corrected chi connectivity index (χ4v) is 2.99. The van der Waals surface area contributed by atoms with Crippen LogP contribution in [0, 0.1) is 5.41 Å². The van der Waals surface area contributed by atoms with Gasteiger partial charge in [0.05, 0.1) is 5.01 Å². The molecule has 0 spiro atoms. The standard InChI is InChI=1S/C13H21N3OS.2ClH/c1-9(2)11-15-10(6-18-11)12(17)16-5-4-13(3,7-14)8-16;;/h6,9H,4-5,7-8,14H2,1-3H3;2*1H. The van der Waals surface area contributed by atoms with E-state index in [0.29, 0.717) is 18.2 Å². The minimum Gasteiger partial charge on any atom is -0.337 e.